The van der Waals surface area contributed by atoms with Gasteiger partial charge in [-0.3, -0.25) is 14.5 Å². The second kappa shape index (κ2) is 11.3. The molecular weight excluding hydrogens is 486 g/mol. The molecule has 1 atom stereocenters. The third-order valence-corrected chi connectivity index (χ3v) is 6.35. The number of hydrogen-bond donors (Lipinski definition) is 1. The molecule has 1 saturated heterocycles. The van der Waals surface area contributed by atoms with Crippen molar-refractivity contribution in [1.29, 1.82) is 0 Å². The summed E-state index contributed by atoms with van der Waals surface area (Å²) in [6.45, 7) is 6.49. The predicted molar refractivity (Wildman–Crippen MR) is 144 cm³/mol. The highest BCUT2D eigenvalue weighted by Crippen LogP contribution is 2.44. The molecule has 0 saturated carbocycles. The second-order valence-electron chi connectivity index (χ2n) is 8.62. The van der Waals surface area contributed by atoms with Gasteiger partial charge in [-0.25, -0.2) is 0 Å². The molecule has 1 aliphatic rings. The van der Waals surface area contributed by atoms with E-state index in [9.17, 15) is 14.7 Å². The molecule has 1 amide bonds. The first kappa shape index (κ1) is 26.6. The molecule has 38 heavy (non-hydrogen) atoms. The number of methoxy groups -OCH3 is 2. The average molecular weight is 518 g/mol. The standard InChI is InChI=1S/C30H31NO7/c1-6-37-23-14-9-20(16-18(23)3)28(32)26-27(19-8-15-24(36-5)25(17-19)38-7-2)31(30(34)29(26)33)21-10-12-22(35-4)13-11-21/h8-17,27,32H,6-7H2,1-5H3/b28-26-. The lowest BCUT2D eigenvalue weighted by Crippen LogP contribution is -2.29. The molecule has 0 bridgehead atoms. The number of aliphatic hydroxyl groups is 1. The Bertz CT molecular complexity index is 1380. The van der Waals surface area contributed by atoms with Crippen molar-refractivity contribution in [2.45, 2.75) is 26.8 Å². The van der Waals surface area contributed by atoms with E-state index in [-0.39, 0.29) is 11.3 Å². The number of benzene rings is 3. The number of carbonyl (C=O) groups is 2. The number of aliphatic hydroxyl groups excluding tert-OH is 1. The molecular formula is C30H31NO7. The molecule has 0 aliphatic carbocycles. The summed E-state index contributed by atoms with van der Waals surface area (Å²) in [7, 11) is 3.09. The molecule has 198 valence electrons. The van der Waals surface area contributed by atoms with Gasteiger partial charge in [-0.05, 0) is 86.5 Å². The summed E-state index contributed by atoms with van der Waals surface area (Å²) in [5.74, 6) is 0.445. The Balaban J connectivity index is 1.93. The van der Waals surface area contributed by atoms with E-state index < -0.39 is 17.7 Å². The molecule has 1 heterocycles. The van der Waals surface area contributed by atoms with Crippen LogP contribution in [0.15, 0.2) is 66.2 Å². The minimum Gasteiger partial charge on any atom is -0.507 e. The lowest BCUT2D eigenvalue weighted by atomic mass is 9.94. The zero-order valence-corrected chi connectivity index (χ0v) is 22.1. The molecule has 0 aromatic heterocycles. The van der Waals surface area contributed by atoms with Gasteiger partial charge in [0, 0.05) is 11.3 Å². The van der Waals surface area contributed by atoms with E-state index in [1.165, 1.54) is 12.0 Å². The minimum absolute atomic E-state index is 0.0259. The smallest absolute Gasteiger partial charge is 0.300 e. The number of Topliss-reactive ketones (excluding diaryl/α,β-unsaturated/α-hetero) is 1. The van der Waals surface area contributed by atoms with Crippen LogP contribution >= 0.6 is 0 Å². The Morgan fingerprint density at radius 1 is 0.842 bits per heavy atom. The van der Waals surface area contributed by atoms with Crippen LogP contribution in [0.3, 0.4) is 0 Å². The monoisotopic (exact) mass is 517 g/mol. The van der Waals surface area contributed by atoms with Gasteiger partial charge in [-0.1, -0.05) is 6.07 Å². The van der Waals surface area contributed by atoms with E-state index in [1.54, 1.807) is 67.8 Å². The first-order valence-corrected chi connectivity index (χ1v) is 12.3. The van der Waals surface area contributed by atoms with Crippen LogP contribution in [0.5, 0.6) is 23.0 Å². The van der Waals surface area contributed by atoms with Gasteiger partial charge in [0.15, 0.2) is 11.5 Å². The molecule has 1 aliphatic heterocycles. The summed E-state index contributed by atoms with van der Waals surface area (Å²) in [6, 6.07) is 16.2. The molecule has 4 rings (SSSR count). The SMILES string of the molecule is CCOc1ccc(/C(O)=C2/C(=O)C(=O)N(c3ccc(OC)cc3)C2c2ccc(OC)c(OCC)c2)cc1C. The van der Waals surface area contributed by atoms with Gasteiger partial charge in [-0.15, -0.1) is 0 Å². The van der Waals surface area contributed by atoms with Crippen molar-refractivity contribution in [2.24, 2.45) is 0 Å². The summed E-state index contributed by atoms with van der Waals surface area (Å²) in [6.07, 6.45) is 0. The highest BCUT2D eigenvalue weighted by molar-refractivity contribution is 6.51. The molecule has 8 nitrogen and oxygen atoms in total. The van der Waals surface area contributed by atoms with Crippen molar-refractivity contribution >= 4 is 23.1 Å². The van der Waals surface area contributed by atoms with E-state index in [0.717, 1.165) is 5.56 Å². The number of hydrogen-bond acceptors (Lipinski definition) is 7. The van der Waals surface area contributed by atoms with Crippen molar-refractivity contribution in [3.63, 3.8) is 0 Å². The van der Waals surface area contributed by atoms with Crippen molar-refractivity contribution in [3.05, 3.63) is 82.9 Å². The van der Waals surface area contributed by atoms with Crippen LogP contribution in [-0.4, -0.2) is 44.2 Å². The van der Waals surface area contributed by atoms with E-state index in [0.29, 0.717) is 53.0 Å². The van der Waals surface area contributed by atoms with Crippen LogP contribution < -0.4 is 23.8 Å². The number of nitrogens with zero attached hydrogens (tertiary/aromatic N) is 1. The van der Waals surface area contributed by atoms with Crippen molar-refractivity contribution in [1.82, 2.24) is 0 Å². The summed E-state index contributed by atoms with van der Waals surface area (Å²) >= 11 is 0. The first-order chi connectivity index (χ1) is 18.3. The highest BCUT2D eigenvalue weighted by atomic mass is 16.5. The molecule has 1 fully saturated rings. The van der Waals surface area contributed by atoms with Gasteiger partial charge >= 0.3 is 0 Å². The number of anilines is 1. The number of rotatable bonds is 9. The maximum atomic E-state index is 13.5. The summed E-state index contributed by atoms with van der Waals surface area (Å²) in [4.78, 5) is 28.3. The molecule has 0 spiro atoms. The fourth-order valence-corrected chi connectivity index (χ4v) is 4.56. The summed E-state index contributed by atoms with van der Waals surface area (Å²) < 4.78 is 22.1. The van der Waals surface area contributed by atoms with Crippen molar-refractivity contribution in [2.75, 3.05) is 32.3 Å². The molecule has 0 radical (unpaired) electrons. The Morgan fingerprint density at radius 3 is 2.11 bits per heavy atom. The predicted octanol–water partition coefficient (Wildman–Crippen LogP) is 5.44. The number of aryl methyl sites for hydroxylation is 1. The van der Waals surface area contributed by atoms with Gasteiger partial charge < -0.3 is 24.1 Å². The van der Waals surface area contributed by atoms with Crippen LogP contribution in [0.1, 0.15) is 36.6 Å². The van der Waals surface area contributed by atoms with Crippen molar-refractivity contribution in [3.8, 4) is 23.0 Å². The quantitative estimate of drug-likeness (QED) is 0.230. The lowest BCUT2D eigenvalue weighted by molar-refractivity contribution is -0.132. The fourth-order valence-electron chi connectivity index (χ4n) is 4.56. The molecule has 3 aromatic carbocycles. The van der Waals surface area contributed by atoms with E-state index in [2.05, 4.69) is 0 Å². The van der Waals surface area contributed by atoms with Gasteiger partial charge in [0.1, 0.15) is 17.3 Å². The maximum absolute atomic E-state index is 13.5. The van der Waals surface area contributed by atoms with Gasteiger partial charge in [0.05, 0.1) is 39.0 Å². The normalized spacial score (nSPS) is 16.4. The largest absolute Gasteiger partial charge is 0.507 e. The van der Waals surface area contributed by atoms with Crippen LogP contribution in [0.2, 0.25) is 0 Å². The lowest BCUT2D eigenvalue weighted by Gasteiger charge is -2.26. The Hall–Kier alpha value is -4.46. The number of ether oxygens (including phenoxy) is 4. The van der Waals surface area contributed by atoms with Crippen LogP contribution in [-0.2, 0) is 9.59 Å². The topological polar surface area (TPSA) is 94.5 Å². The molecule has 1 unspecified atom stereocenters. The molecule has 8 heteroatoms. The highest BCUT2D eigenvalue weighted by Gasteiger charge is 2.47. The Kier molecular flexibility index (Phi) is 7.90. The Morgan fingerprint density at radius 2 is 1.50 bits per heavy atom. The molecule has 3 aromatic rings. The van der Waals surface area contributed by atoms with Gasteiger partial charge in [-0.2, -0.15) is 0 Å². The summed E-state index contributed by atoms with van der Waals surface area (Å²) in [5.41, 5.74) is 2.23. The van der Waals surface area contributed by atoms with Crippen LogP contribution in [0.4, 0.5) is 5.69 Å². The Labute approximate surface area is 222 Å². The minimum atomic E-state index is -0.916. The third-order valence-electron chi connectivity index (χ3n) is 6.35. The zero-order valence-electron chi connectivity index (χ0n) is 22.1. The van der Waals surface area contributed by atoms with E-state index in [1.807, 2.05) is 20.8 Å². The molecule has 1 N–H and O–H groups in total. The van der Waals surface area contributed by atoms with E-state index >= 15 is 0 Å². The van der Waals surface area contributed by atoms with Crippen molar-refractivity contribution < 1.29 is 33.6 Å². The second-order valence-corrected chi connectivity index (χ2v) is 8.62. The number of ketones is 1. The maximum Gasteiger partial charge on any atom is 0.300 e. The van der Waals surface area contributed by atoms with Crippen LogP contribution in [0, 0.1) is 6.92 Å². The fraction of sp³-hybridized carbons (Fsp3) is 0.267. The third kappa shape index (κ3) is 4.89. The summed E-state index contributed by atoms with van der Waals surface area (Å²) in [5, 5.41) is 11.5. The van der Waals surface area contributed by atoms with Gasteiger partial charge in [0.2, 0.25) is 0 Å². The zero-order chi connectivity index (χ0) is 27.4. The number of amides is 1. The average Bonchev–Trinajstić information content (AvgIpc) is 3.19. The van der Waals surface area contributed by atoms with Crippen LogP contribution in [0.25, 0.3) is 5.76 Å². The van der Waals surface area contributed by atoms with E-state index in [4.69, 9.17) is 18.9 Å². The first-order valence-electron chi connectivity index (χ1n) is 12.3. The number of carbonyl (C=O) groups excluding carboxylic acids is 2. The van der Waals surface area contributed by atoms with Gasteiger partial charge in [0.25, 0.3) is 11.7 Å².